The van der Waals surface area contributed by atoms with Crippen LogP contribution in [0.4, 0.5) is 0 Å². The largest absolute Gasteiger partial charge is 1.00 e. The lowest BCUT2D eigenvalue weighted by molar-refractivity contribution is -0.380. The molecule has 0 amide bonds. The van der Waals surface area contributed by atoms with E-state index in [2.05, 4.69) is 16.7 Å². The van der Waals surface area contributed by atoms with Gasteiger partial charge in [-0.15, -0.1) is 0 Å². The second-order valence-corrected chi connectivity index (χ2v) is 1.85. The lowest BCUT2D eigenvalue weighted by atomic mass is 10.4. The van der Waals surface area contributed by atoms with Gasteiger partial charge in [-0.05, 0) is 0 Å². The molecule has 0 atom stereocenters. The van der Waals surface area contributed by atoms with E-state index in [9.17, 15) is 0 Å². The molecule has 0 bridgehead atoms. The first-order valence-electron chi connectivity index (χ1n) is 2.65. The van der Waals surface area contributed by atoms with Gasteiger partial charge in [0.1, 0.15) is 0 Å². The Kier molecular flexibility index (Phi) is 1.54. The Morgan fingerprint density at radius 1 is 1.22 bits per heavy atom. The fraction of sp³-hybridized carbons (Fsp3) is 0. The topological polar surface area (TPSA) is 3.01 Å². The zero-order valence-electron chi connectivity index (χ0n) is 4.79. The fourth-order valence-corrected chi connectivity index (χ4v) is 0.918. The maximum Gasteiger partial charge on any atom is 0.211 e. The zero-order valence-corrected chi connectivity index (χ0v) is 5.55. The van der Waals surface area contributed by atoms with Gasteiger partial charge < -0.3 is 12.4 Å². The summed E-state index contributed by atoms with van der Waals surface area (Å²) in [5.41, 5.74) is 1.27. The molecule has 9 heavy (non-hydrogen) atoms. The quantitative estimate of drug-likeness (QED) is 0.344. The van der Waals surface area contributed by atoms with E-state index >= 15 is 0 Å². The highest BCUT2D eigenvalue weighted by molar-refractivity contribution is 5.71. The number of fused-ring (bicyclic) bond motifs is 1. The van der Waals surface area contributed by atoms with Crippen LogP contribution in [0, 0.1) is 0 Å². The van der Waals surface area contributed by atoms with E-state index in [1.165, 1.54) is 5.70 Å². The molecule has 2 rings (SSSR count). The summed E-state index contributed by atoms with van der Waals surface area (Å²) in [5.74, 6) is 0. The minimum absolute atomic E-state index is 0. The van der Waals surface area contributed by atoms with Crippen LogP contribution in [0.1, 0.15) is 0 Å². The minimum atomic E-state index is 0. The summed E-state index contributed by atoms with van der Waals surface area (Å²) in [4.78, 5) is 0. The number of rotatable bonds is 0. The maximum absolute atomic E-state index is 2.08. The second-order valence-electron chi connectivity index (χ2n) is 1.85. The Balaban J connectivity index is 0.000000405. The highest BCUT2D eigenvalue weighted by Crippen LogP contribution is 2.10. The number of hydrogen-bond acceptors (Lipinski definition) is 0. The molecular formula is C7H6ClN. The van der Waals surface area contributed by atoms with Crippen molar-refractivity contribution in [3.8, 4) is 0 Å². The molecule has 0 aromatic rings. The Bertz CT molecular complexity index is 207. The van der Waals surface area contributed by atoms with Gasteiger partial charge in [0, 0.05) is 24.3 Å². The Hall–Kier alpha value is -0.820. The van der Waals surface area contributed by atoms with Crippen molar-refractivity contribution in [2.45, 2.75) is 0 Å². The van der Waals surface area contributed by atoms with Crippen LogP contribution >= 0.6 is 0 Å². The molecule has 0 saturated carbocycles. The molecule has 0 spiro atoms. The fourth-order valence-electron chi connectivity index (χ4n) is 0.918. The molecule has 0 saturated heterocycles. The summed E-state index contributed by atoms with van der Waals surface area (Å²) in [6.45, 7) is 0. The Labute approximate surface area is 60.1 Å². The van der Waals surface area contributed by atoms with Gasteiger partial charge in [-0.1, -0.05) is 0 Å². The molecule has 0 unspecified atom stereocenters. The van der Waals surface area contributed by atoms with E-state index in [1.54, 1.807) is 0 Å². The summed E-state index contributed by atoms with van der Waals surface area (Å²) in [6, 6.07) is 0. The molecule has 1 nitrogen and oxygen atoms in total. The van der Waals surface area contributed by atoms with Gasteiger partial charge in [0.2, 0.25) is 5.70 Å². The molecule has 46 valence electrons. The molecular weight excluding hydrogens is 134 g/mol. The van der Waals surface area contributed by atoms with Crippen LogP contribution in [-0.4, -0.2) is 10.8 Å². The summed E-state index contributed by atoms with van der Waals surface area (Å²) >= 11 is 0. The third-order valence-electron chi connectivity index (χ3n) is 1.33. The van der Waals surface area contributed by atoms with Gasteiger partial charge in [-0.2, -0.15) is 4.58 Å². The summed E-state index contributed by atoms with van der Waals surface area (Å²) in [7, 11) is 0. The SMILES string of the molecule is C1=CC2=CC=C[N+]2=C1.[Cl-]. The van der Waals surface area contributed by atoms with Crippen molar-refractivity contribution in [3.05, 3.63) is 36.2 Å². The van der Waals surface area contributed by atoms with Crippen LogP contribution in [0.15, 0.2) is 36.2 Å². The Morgan fingerprint density at radius 2 is 2.11 bits per heavy atom. The average molecular weight is 140 g/mol. The van der Waals surface area contributed by atoms with E-state index in [0.29, 0.717) is 0 Å². The van der Waals surface area contributed by atoms with E-state index in [1.807, 2.05) is 24.6 Å². The lowest BCUT2D eigenvalue weighted by Gasteiger charge is -1.79. The van der Waals surface area contributed by atoms with Gasteiger partial charge in [0.15, 0.2) is 12.4 Å². The molecule has 2 heterocycles. The number of allylic oxidation sites excluding steroid dienone is 4. The van der Waals surface area contributed by atoms with E-state index in [4.69, 9.17) is 0 Å². The van der Waals surface area contributed by atoms with E-state index in [0.717, 1.165) is 0 Å². The second kappa shape index (κ2) is 2.19. The van der Waals surface area contributed by atoms with Crippen molar-refractivity contribution >= 4 is 6.21 Å². The number of nitrogens with zero attached hydrogens (tertiary/aromatic N) is 1. The first kappa shape index (κ1) is 6.30. The Morgan fingerprint density at radius 3 is 2.89 bits per heavy atom. The van der Waals surface area contributed by atoms with Crippen molar-refractivity contribution in [1.29, 1.82) is 0 Å². The standard InChI is InChI=1S/C7H6N.ClH/c1-3-7-4-2-6-8(7)5-1;/h1-6H;1H/q+1;/p-1. The van der Waals surface area contributed by atoms with Crippen LogP contribution in [-0.2, 0) is 0 Å². The zero-order chi connectivity index (χ0) is 5.40. The van der Waals surface area contributed by atoms with Gasteiger partial charge in [0.25, 0.3) is 0 Å². The van der Waals surface area contributed by atoms with Crippen LogP contribution in [0.2, 0.25) is 0 Å². The van der Waals surface area contributed by atoms with E-state index < -0.39 is 0 Å². The van der Waals surface area contributed by atoms with Crippen molar-refractivity contribution in [2.75, 3.05) is 0 Å². The molecule has 0 fully saturated rings. The highest BCUT2D eigenvalue weighted by atomic mass is 35.5. The van der Waals surface area contributed by atoms with Gasteiger partial charge in [-0.3, -0.25) is 0 Å². The molecule has 0 aromatic heterocycles. The number of hydrogen-bond donors (Lipinski definition) is 0. The molecule has 0 aromatic carbocycles. The number of halogens is 1. The molecule has 0 aliphatic carbocycles. The normalized spacial score (nSPS) is 18.7. The smallest absolute Gasteiger partial charge is 0.211 e. The van der Waals surface area contributed by atoms with Crippen molar-refractivity contribution in [1.82, 2.24) is 0 Å². The minimum Gasteiger partial charge on any atom is -1.00 e. The van der Waals surface area contributed by atoms with E-state index in [-0.39, 0.29) is 12.4 Å². The molecule has 0 radical (unpaired) electrons. The predicted octanol–water partition coefficient (Wildman–Crippen LogP) is -1.95. The average Bonchev–Trinajstić information content (AvgIpc) is 2.15. The van der Waals surface area contributed by atoms with Crippen LogP contribution in [0.25, 0.3) is 0 Å². The predicted molar refractivity (Wildman–Crippen MR) is 32.7 cm³/mol. The van der Waals surface area contributed by atoms with Crippen molar-refractivity contribution in [3.63, 3.8) is 0 Å². The summed E-state index contributed by atoms with van der Waals surface area (Å²) < 4.78 is 2.08. The summed E-state index contributed by atoms with van der Waals surface area (Å²) in [6.07, 6.45) is 12.3. The van der Waals surface area contributed by atoms with Crippen LogP contribution in [0.3, 0.4) is 0 Å². The molecule has 2 heteroatoms. The maximum atomic E-state index is 2.08. The van der Waals surface area contributed by atoms with Crippen LogP contribution < -0.4 is 12.4 Å². The van der Waals surface area contributed by atoms with Crippen LogP contribution in [0.5, 0.6) is 0 Å². The monoisotopic (exact) mass is 139 g/mol. The first-order chi connectivity index (χ1) is 3.97. The third kappa shape index (κ3) is 0.836. The first-order valence-corrected chi connectivity index (χ1v) is 2.65. The van der Waals surface area contributed by atoms with Gasteiger partial charge >= 0.3 is 0 Å². The molecule has 0 N–H and O–H groups in total. The molecule has 2 aliphatic heterocycles. The van der Waals surface area contributed by atoms with Gasteiger partial charge in [0.05, 0.1) is 0 Å². The highest BCUT2D eigenvalue weighted by Gasteiger charge is 2.13. The lowest BCUT2D eigenvalue weighted by Crippen LogP contribution is -3.00. The third-order valence-corrected chi connectivity index (χ3v) is 1.33. The van der Waals surface area contributed by atoms with Crippen molar-refractivity contribution < 1.29 is 17.0 Å². The van der Waals surface area contributed by atoms with Gasteiger partial charge in [-0.25, -0.2) is 0 Å². The molecule has 2 aliphatic rings. The summed E-state index contributed by atoms with van der Waals surface area (Å²) in [5, 5.41) is 0. The van der Waals surface area contributed by atoms with Crippen molar-refractivity contribution in [2.24, 2.45) is 0 Å².